The topological polar surface area (TPSA) is 120 Å². The number of aromatic nitrogens is 6. The van der Waals surface area contributed by atoms with Crippen LogP contribution in [0.4, 0.5) is 0 Å². The third kappa shape index (κ3) is 3.83. The number of carbonyl (C=O) groups is 1. The Morgan fingerprint density at radius 2 is 1.95 bits per heavy atom. The normalized spacial score (nSPS) is 21.3. The number of hydrogen-bond acceptors (Lipinski definition) is 6. The Kier molecular flexibility index (Phi) is 5.50. The highest BCUT2D eigenvalue weighted by Crippen LogP contribution is 2.40. The van der Waals surface area contributed by atoms with Crippen molar-refractivity contribution in [3.8, 4) is 28.5 Å². The molecule has 1 aromatic carbocycles. The third-order valence-corrected chi connectivity index (χ3v) is 10.1. The average Bonchev–Trinajstić information content (AvgIpc) is 3.34. The molecule has 0 radical (unpaired) electrons. The van der Waals surface area contributed by atoms with E-state index in [-0.39, 0.29) is 18.0 Å². The molecule has 10 heteroatoms. The van der Waals surface area contributed by atoms with Crippen LogP contribution < -0.4 is 10.5 Å². The summed E-state index contributed by atoms with van der Waals surface area (Å²) in [7, 11) is 3.67. The second-order valence-corrected chi connectivity index (χ2v) is 12.8. The van der Waals surface area contributed by atoms with E-state index in [0.29, 0.717) is 23.1 Å². The van der Waals surface area contributed by atoms with Crippen LogP contribution in [0.5, 0.6) is 5.75 Å². The number of nitrogens with two attached hydrogens (primary N) is 1. The van der Waals surface area contributed by atoms with Gasteiger partial charge in [0.2, 0.25) is 0 Å². The van der Waals surface area contributed by atoms with Gasteiger partial charge in [-0.2, -0.15) is 0 Å². The number of likely N-dealkylation sites (tertiary alicyclic amines) is 1. The van der Waals surface area contributed by atoms with E-state index >= 15 is 0 Å². The fourth-order valence-electron chi connectivity index (χ4n) is 7.56. The second kappa shape index (κ2) is 9.40. The molecule has 10 nitrogen and oxygen atoms in total. The lowest BCUT2D eigenvalue weighted by Crippen LogP contribution is -2.41. The van der Waals surface area contributed by atoms with E-state index in [0.717, 1.165) is 81.8 Å². The smallest absolute Gasteiger partial charge is 0.254 e. The first kappa shape index (κ1) is 25.8. The Balaban J connectivity index is 1.16. The number of nitrogens with one attached hydrogen (secondary N) is 1. The zero-order chi connectivity index (χ0) is 29.7. The van der Waals surface area contributed by atoms with Crippen molar-refractivity contribution < 1.29 is 9.53 Å². The van der Waals surface area contributed by atoms with Crippen molar-refractivity contribution >= 4 is 39.0 Å². The number of nitrogens with zero attached hydrogens (tertiary/aromatic N) is 6. The summed E-state index contributed by atoms with van der Waals surface area (Å²) in [6, 6.07) is 14.5. The summed E-state index contributed by atoms with van der Waals surface area (Å²) in [6.45, 7) is 1.61. The molecule has 3 atom stereocenters. The molecule has 2 aliphatic carbocycles. The molecule has 6 heterocycles. The summed E-state index contributed by atoms with van der Waals surface area (Å²) < 4.78 is 10.3. The molecule has 3 fully saturated rings. The number of piperidine rings is 1. The number of methoxy groups -OCH3 is 1. The summed E-state index contributed by atoms with van der Waals surface area (Å²) in [5.41, 5.74) is 13.3. The van der Waals surface area contributed by atoms with Gasteiger partial charge in [0, 0.05) is 66.5 Å². The molecule has 1 saturated heterocycles. The van der Waals surface area contributed by atoms with Crippen LogP contribution in [0.15, 0.2) is 54.9 Å². The summed E-state index contributed by atoms with van der Waals surface area (Å²) >= 11 is 0. The molecule has 2 bridgehead atoms. The molecule has 0 spiro atoms. The van der Waals surface area contributed by atoms with Crippen molar-refractivity contribution in [2.75, 3.05) is 13.7 Å². The minimum atomic E-state index is 0.00643. The Morgan fingerprint density at radius 3 is 2.73 bits per heavy atom. The molecule has 3 N–H and O–H groups in total. The van der Waals surface area contributed by atoms with Crippen molar-refractivity contribution in [2.45, 2.75) is 44.3 Å². The van der Waals surface area contributed by atoms with Crippen LogP contribution >= 0.6 is 0 Å². The molecule has 2 saturated carbocycles. The molecule has 222 valence electrons. The van der Waals surface area contributed by atoms with E-state index in [1.54, 1.807) is 7.11 Å². The second-order valence-electron chi connectivity index (χ2n) is 12.8. The molecule has 44 heavy (non-hydrogen) atoms. The molecule has 9 rings (SSSR count). The number of carbonyl (C=O) groups excluding carboxylic acids is 1. The lowest BCUT2D eigenvalue weighted by atomic mass is 10.1. The van der Waals surface area contributed by atoms with Gasteiger partial charge in [0.1, 0.15) is 22.6 Å². The maximum atomic E-state index is 13.7. The summed E-state index contributed by atoms with van der Waals surface area (Å²) in [5, 5.41) is 2.13. The van der Waals surface area contributed by atoms with Crippen molar-refractivity contribution in [3.05, 3.63) is 60.4 Å². The lowest BCUT2D eigenvalue weighted by Gasteiger charge is -2.27. The molecule has 3 aliphatic rings. The van der Waals surface area contributed by atoms with E-state index in [9.17, 15) is 4.79 Å². The number of ether oxygens (including phenoxy) is 1. The van der Waals surface area contributed by atoms with E-state index < -0.39 is 0 Å². The van der Waals surface area contributed by atoms with E-state index in [4.69, 9.17) is 20.4 Å². The number of imidazole rings is 1. The van der Waals surface area contributed by atoms with Crippen LogP contribution in [-0.4, -0.2) is 65.6 Å². The molecule has 6 aromatic rings. The number of aryl methyl sites for hydroxylation is 1. The summed E-state index contributed by atoms with van der Waals surface area (Å²) in [5.74, 6) is 2.49. The fraction of sp³-hybridized carbons (Fsp3) is 0.353. The molecular formula is C34H34N8O2. The van der Waals surface area contributed by atoms with E-state index in [1.165, 1.54) is 12.8 Å². The highest BCUT2D eigenvalue weighted by atomic mass is 16.5. The number of fused-ring (bicyclic) bond motifs is 5. The quantitative estimate of drug-likeness (QED) is 0.280. The summed E-state index contributed by atoms with van der Waals surface area (Å²) in [6.07, 6.45) is 8.30. The number of H-pyrrole nitrogens is 1. The Hall–Kier alpha value is -4.70. The minimum Gasteiger partial charge on any atom is -0.494 e. The number of benzene rings is 1. The maximum absolute atomic E-state index is 13.7. The Bertz CT molecular complexity index is 2120. The predicted octanol–water partition coefficient (Wildman–Crippen LogP) is 5.11. The van der Waals surface area contributed by atoms with Crippen molar-refractivity contribution in [3.63, 3.8) is 0 Å². The molecule has 1 aliphatic heterocycles. The molecule has 2 unspecified atom stereocenters. The monoisotopic (exact) mass is 586 g/mol. The fourth-order valence-corrected chi connectivity index (χ4v) is 7.56. The van der Waals surface area contributed by atoms with Crippen LogP contribution in [0.3, 0.4) is 0 Å². The molecule has 5 aromatic heterocycles. The largest absolute Gasteiger partial charge is 0.494 e. The van der Waals surface area contributed by atoms with Crippen molar-refractivity contribution in [1.82, 2.24) is 34.0 Å². The van der Waals surface area contributed by atoms with Crippen LogP contribution in [0.2, 0.25) is 0 Å². The number of rotatable bonds is 6. The van der Waals surface area contributed by atoms with Gasteiger partial charge in [0.05, 0.1) is 24.0 Å². The minimum absolute atomic E-state index is 0.00643. The third-order valence-electron chi connectivity index (χ3n) is 10.1. The van der Waals surface area contributed by atoms with Gasteiger partial charge < -0.3 is 29.5 Å². The van der Waals surface area contributed by atoms with Gasteiger partial charge in [-0.25, -0.2) is 15.0 Å². The first-order valence-electron chi connectivity index (χ1n) is 15.5. The zero-order valence-corrected chi connectivity index (χ0v) is 24.8. The van der Waals surface area contributed by atoms with Gasteiger partial charge in [0.15, 0.2) is 5.82 Å². The first-order valence-corrected chi connectivity index (χ1v) is 15.5. The number of aromatic amines is 1. The van der Waals surface area contributed by atoms with Crippen LogP contribution in [0.25, 0.3) is 55.9 Å². The van der Waals surface area contributed by atoms with E-state index in [2.05, 4.69) is 43.4 Å². The summed E-state index contributed by atoms with van der Waals surface area (Å²) in [4.78, 5) is 33.7. The van der Waals surface area contributed by atoms with Gasteiger partial charge in [-0.3, -0.25) is 4.79 Å². The maximum Gasteiger partial charge on any atom is 0.254 e. The van der Waals surface area contributed by atoms with Crippen LogP contribution in [0.1, 0.15) is 36.0 Å². The average molecular weight is 587 g/mol. The lowest BCUT2D eigenvalue weighted by molar-refractivity contribution is 0.0700. The SMILES string of the molecule is COc1cc(C(=O)N2CC3CCC2[C@@H]3N)cc2nc(-c3cc4ccc(-c5cnc6[nH]ccc6c5)nc4n3CC3CC3)n(C)c12. The molecule has 1 amide bonds. The van der Waals surface area contributed by atoms with Gasteiger partial charge in [-0.1, -0.05) is 0 Å². The van der Waals surface area contributed by atoms with Gasteiger partial charge in [-0.05, 0) is 80.0 Å². The van der Waals surface area contributed by atoms with Crippen molar-refractivity contribution in [2.24, 2.45) is 24.6 Å². The number of pyridine rings is 2. The zero-order valence-electron chi connectivity index (χ0n) is 24.8. The number of hydrogen-bond donors (Lipinski definition) is 2. The predicted molar refractivity (Wildman–Crippen MR) is 169 cm³/mol. The Morgan fingerprint density at radius 1 is 1.07 bits per heavy atom. The number of amides is 1. The van der Waals surface area contributed by atoms with Crippen molar-refractivity contribution in [1.29, 1.82) is 0 Å². The first-order chi connectivity index (χ1) is 21.5. The Labute approximate surface area is 253 Å². The van der Waals surface area contributed by atoms with Gasteiger partial charge in [0.25, 0.3) is 5.91 Å². The highest BCUT2D eigenvalue weighted by Gasteiger charge is 2.47. The standard InChI is InChI=1S/C34H34N8O2/c1-40-30-25(12-22(14-28(30)44-2)34(43)42-17-21-6-8-26(42)29(21)35)39-33(40)27-13-20-5-7-24(38-32(20)41(27)16-18-3-4-18)23-11-19-9-10-36-31(19)37-15-23/h5,7,9-15,18,21,26,29H,3-4,6,8,16-17,35H2,1-2H3,(H,36,37)/t21?,26?,29-/m1/s1. The van der Waals surface area contributed by atoms with Gasteiger partial charge >= 0.3 is 0 Å². The van der Waals surface area contributed by atoms with Gasteiger partial charge in [-0.15, -0.1) is 0 Å². The molecular weight excluding hydrogens is 552 g/mol. The van der Waals surface area contributed by atoms with E-state index in [1.807, 2.05) is 42.5 Å². The highest BCUT2D eigenvalue weighted by molar-refractivity contribution is 6.00. The van der Waals surface area contributed by atoms with Crippen LogP contribution in [-0.2, 0) is 13.6 Å². The van der Waals surface area contributed by atoms with Crippen LogP contribution in [0, 0.1) is 11.8 Å².